The first kappa shape index (κ1) is 22.8. The highest BCUT2D eigenvalue weighted by Crippen LogP contribution is 2.69. The number of benzene rings is 2. The third-order valence-corrected chi connectivity index (χ3v) is 7.19. The first-order valence-corrected chi connectivity index (χ1v) is 11.2. The second-order valence-electron chi connectivity index (χ2n) is 8.79. The molecular formula is C27H24N4O4. The third-order valence-electron chi connectivity index (χ3n) is 7.19. The summed E-state index contributed by atoms with van der Waals surface area (Å²) in [6.07, 6.45) is -1.27. The molecule has 1 aliphatic heterocycles. The van der Waals surface area contributed by atoms with Crippen LogP contribution >= 0.6 is 0 Å². The molecule has 0 bridgehead atoms. The molecule has 1 aliphatic carbocycles. The van der Waals surface area contributed by atoms with Gasteiger partial charge in [0, 0.05) is 24.4 Å². The van der Waals surface area contributed by atoms with Crippen molar-refractivity contribution < 1.29 is 19.7 Å². The summed E-state index contributed by atoms with van der Waals surface area (Å²) in [5.74, 6) is -0.621. The Morgan fingerprint density at radius 2 is 1.83 bits per heavy atom. The van der Waals surface area contributed by atoms with Crippen molar-refractivity contribution in [2.75, 3.05) is 20.7 Å². The lowest BCUT2D eigenvalue weighted by Gasteiger charge is -2.40. The molecule has 2 aliphatic rings. The second-order valence-corrected chi connectivity index (χ2v) is 8.79. The molecule has 35 heavy (non-hydrogen) atoms. The molecule has 0 radical (unpaired) electrons. The fourth-order valence-corrected chi connectivity index (χ4v) is 5.87. The van der Waals surface area contributed by atoms with Crippen molar-refractivity contribution in [3.05, 3.63) is 100 Å². The van der Waals surface area contributed by atoms with Gasteiger partial charge >= 0.3 is 5.88 Å². The average molecular weight is 469 g/mol. The number of rotatable bonds is 5. The molecule has 8 heteroatoms. The van der Waals surface area contributed by atoms with Gasteiger partial charge in [-0.05, 0) is 18.2 Å². The van der Waals surface area contributed by atoms with Crippen LogP contribution in [-0.2, 0) is 11.2 Å². The van der Waals surface area contributed by atoms with E-state index in [1.54, 1.807) is 31.3 Å². The Balaban J connectivity index is 1.87. The van der Waals surface area contributed by atoms with E-state index in [9.17, 15) is 10.2 Å². The zero-order chi connectivity index (χ0) is 24.8. The molecule has 2 heterocycles. The Morgan fingerprint density at radius 1 is 1.11 bits per heavy atom. The lowest BCUT2D eigenvalue weighted by Crippen LogP contribution is -2.52. The molecule has 2 aromatic carbocycles. The lowest BCUT2D eigenvalue weighted by atomic mass is 9.71. The molecule has 8 nitrogen and oxygen atoms in total. The first-order valence-electron chi connectivity index (χ1n) is 11.2. The van der Waals surface area contributed by atoms with E-state index in [1.165, 1.54) is 13.2 Å². The van der Waals surface area contributed by atoms with Gasteiger partial charge in [-0.25, -0.2) is 4.85 Å². The summed E-state index contributed by atoms with van der Waals surface area (Å²) in [4.78, 5) is 11.2. The number of aromatic nitrogens is 1. The van der Waals surface area contributed by atoms with Crippen LogP contribution in [0.2, 0.25) is 0 Å². The van der Waals surface area contributed by atoms with E-state index in [1.807, 2.05) is 30.3 Å². The SMILES string of the molecule is [C-]#[N+]c1ccc([C@@]23Oc4cc([N+]#[C-])nc(OC)c4[C@]2(O)[C@H](O)[C@H](CNC)[C@H]3c2ccccc2)cc1. The largest absolute Gasteiger partial charge is 0.479 e. The highest BCUT2D eigenvalue weighted by molar-refractivity contribution is 5.63. The number of ether oxygens (including phenoxy) is 2. The Bertz CT molecular complexity index is 1350. The number of pyridine rings is 1. The average Bonchev–Trinajstić information content (AvgIpc) is 3.27. The van der Waals surface area contributed by atoms with Crippen LogP contribution in [0, 0.1) is 19.1 Å². The number of nitrogens with one attached hydrogen (secondary N) is 1. The quantitative estimate of drug-likeness (QED) is 0.495. The van der Waals surface area contributed by atoms with Gasteiger partial charge in [-0.1, -0.05) is 66.2 Å². The number of nitrogens with zero attached hydrogens (tertiary/aromatic N) is 3. The van der Waals surface area contributed by atoms with Gasteiger partial charge in [0.2, 0.25) is 0 Å². The van der Waals surface area contributed by atoms with Crippen LogP contribution in [0.3, 0.4) is 0 Å². The number of aliphatic hydroxyl groups excluding tert-OH is 1. The normalized spacial score (nSPS) is 28.3. The molecule has 3 aromatic rings. The standard InChI is InChI=1S/C27H24N4O4/c1-28-15-19-22(16-8-6-5-7-9-16)27(17-10-12-18(29-2)13-11-17)26(33,24(19)32)23-20(35-27)14-21(30-3)31-25(23)34-4/h5-14,19,22,24,28,32-33H,15H2,1,4H3/t19-,22-,24-,26+,27+/m1/s1. The fourth-order valence-electron chi connectivity index (χ4n) is 5.87. The van der Waals surface area contributed by atoms with Crippen LogP contribution < -0.4 is 14.8 Å². The van der Waals surface area contributed by atoms with Gasteiger partial charge in [0.15, 0.2) is 16.9 Å². The van der Waals surface area contributed by atoms with Gasteiger partial charge in [-0.2, -0.15) is 0 Å². The Morgan fingerprint density at radius 3 is 2.43 bits per heavy atom. The molecule has 176 valence electrons. The van der Waals surface area contributed by atoms with Gasteiger partial charge in [-0.15, -0.1) is 0 Å². The van der Waals surface area contributed by atoms with E-state index >= 15 is 0 Å². The fraction of sp³-hybridized carbons (Fsp3) is 0.296. The van der Waals surface area contributed by atoms with E-state index in [0.29, 0.717) is 17.8 Å². The van der Waals surface area contributed by atoms with Crippen LogP contribution in [0.25, 0.3) is 9.69 Å². The van der Waals surface area contributed by atoms with Gasteiger partial charge in [0.1, 0.15) is 11.3 Å². The summed E-state index contributed by atoms with van der Waals surface area (Å²) >= 11 is 0. The van der Waals surface area contributed by atoms with E-state index in [4.69, 9.17) is 22.6 Å². The number of hydrogen-bond acceptors (Lipinski definition) is 6. The number of fused-ring (bicyclic) bond motifs is 3. The van der Waals surface area contributed by atoms with Crippen molar-refractivity contribution >= 4 is 11.5 Å². The monoisotopic (exact) mass is 468 g/mol. The summed E-state index contributed by atoms with van der Waals surface area (Å²) < 4.78 is 12.2. The molecule has 1 aromatic heterocycles. The zero-order valence-electron chi connectivity index (χ0n) is 19.3. The minimum Gasteiger partial charge on any atom is -0.479 e. The topological polar surface area (TPSA) is 92.6 Å². The van der Waals surface area contributed by atoms with Crippen LogP contribution in [0.4, 0.5) is 11.5 Å². The van der Waals surface area contributed by atoms with Crippen molar-refractivity contribution in [1.29, 1.82) is 0 Å². The molecule has 3 N–H and O–H groups in total. The Kier molecular flexibility index (Phi) is 5.46. The summed E-state index contributed by atoms with van der Waals surface area (Å²) in [5.41, 5.74) is -1.30. The van der Waals surface area contributed by atoms with Crippen LogP contribution in [0.5, 0.6) is 11.6 Å². The van der Waals surface area contributed by atoms with Crippen LogP contribution in [0.1, 0.15) is 22.6 Å². The van der Waals surface area contributed by atoms with Crippen molar-refractivity contribution in [2.24, 2.45) is 5.92 Å². The molecular weight excluding hydrogens is 444 g/mol. The van der Waals surface area contributed by atoms with Crippen LogP contribution in [-0.4, -0.2) is 42.0 Å². The van der Waals surface area contributed by atoms with Gasteiger partial charge in [-0.3, -0.25) is 0 Å². The number of methoxy groups -OCH3 is 1. The Hall–Kier alpha value is -3.95. The van der Waals surface area contributed by atoms with Crippen molar-refractivity contribution in [3.8, 4) is 11.6 Å². The van der Waals surface area contributed by atoms with Gasteiger partial charge < -0.3 is 29.8 Å². The third kappa shape index (κ3) is 2.98. The van der Waals surface area contributed by atoms with Crippen LogP contribution in [0.15, 0.2) is 60.7 Å². The first-order chi connectivity index (χ1) is 17.0. The summed E-state index contributed by atoms with van der Waals surface area (Å²) in [5, 5.41) is 27.6. The minimum absolute atomic E-state index is 0.0339. The van der Waals surface area contributed by atoms with Gasteiger partial charge in [0.25, 0.3) is 5.82 Å². The molecule has 0 saturated heterocycles. The number of hydrogen-bond donors (Lipinski definition) is 3. The van der Waals surface area contributed by atoms with Crippen molar-refractivity contribution in [3.63, 3.8) is 0 Å². The highest BCUT2D eigenvalue weighted by Gasteiger charge is 2.77. The maximum atomic E-state index is 12.6. The van der Waals surface area contributed by atoms with Gasteiger partial charge in [0.05, 0.1) is 19.8 Å². The maximum Gasteiger partial charge on any atom is 0.319 e. The lowest BCUT2D eigenvalue weighted by molar-refractivity contribution is -0.152. The number of aliphatic hydroxyl groups is 2. The molecule has 0 amide bonds. The zero-order valence-corrected chi connectivity index (χ0v) is 19.3. The van der Waals surface area contributed by atoms with E-state index in [2.05, 4.69) is 20.0 Å². The summed E-state index contributed by atoms with van der Waals surface area (Å²) in [6.45, 7) is 15.2. The highest BCUT2D eigenvalue weighted by atomic mass is 16.5. The molecule has 1 saturated carbocycles. The molecule has 0 spiro atoms. The molecule has 1 fully saturated rings. The molecule has 0 unspecified atom stereocenters. The Labute approximate surface area is 203 Å². The van der Waals surface area contributed by atoms with E-state index < -0.39 is 29.1 Å². The van der Waals surface area contributed by atoms with Crippen molar-refractivity contribution in [1.82, 2.24) is 10.3 Å². The van der Waals surface area contributed by atoms with Crippen molar-refractivity contribution in [2.45, 2.75) is 23.2 Å². The molecule has 5 rings (SSSR count). The summed E-state index contributed by atoms with van der Waals surface area (Å²) in [6, 6.07) is 17.9. The second kappa shape index (κ2) is 8.37. The van der Waals surface area contributed by atoms with E-state index in [-0.39, 0.29) is 23.0 Å². The molecule has 5 atom stereocenters. The predicted octanol–water partition coefficient (Wildman–Crippen LogP) is 3.66. The smallest absolute Gasteiger partial charge is 0.319 e. The minimum atomic E-state index is -1.96. The predicted molar refractivity (Wildman–Crippen MR) is 129 cm³/mol. The maximum absolute atomic E-state index is 12.6. The summed E-state index contributed by atoms with van der Waals surface area (Å²) in [7, 11) is 3.20. The van der Waals surface area contributed by atoms with E-state index in [0.717, 1.165) is 5.56 Å².